The Morgan fingerprint density at radius 3 is 2.81 bits per heavy atom. The molecule has 88 valence electrons. The molecule has 16 heavy (non-hydrogen) atoms. The highest BCUT2D eigenvalue weighted by molar-refractivity contribution is 5.38. The molecule has 1 aliphatic heterocycles. The summed E-state index contributed by atoms with van der Waals surface area (Å²) < 4.78 is 10.5. The molecule has 1 unspecified atom stereocenters. The van der Waals surface area contributed by atoms with Crippen LogP contribution in [0, 0.1) is 6.92 Å². The molecule has 1 aromatic carbocycles. The van der Waals surface area contributed by atoms with Crippen LogP contribution in [0.5, 0.6) is 5.75 Å². The third-order valence-corrected chi connectivity index (χ3v) is 3.15. The second-order valence-electron chi connectivity index (χ2n) is 4.37. The summed E-state index contributed by atoms with van der Waals surface area (Å²) in [6.07, 6.45) is 1.67. The lowest BCUT2D eigenvalue weighted by atomic mass is 9.86. The molecule has 1 N–H and O–H groups in total. The van der Waals surface area contributed by atoms with Gasteiger partial charge in [-0.05, 0) is 43.0 Å². The molecule has 3 nitrogen and oxygen atoms in total. The Bertz CT molecular complexity index is 367. The van der Waals surface area contributed by atoms with E-state index in [1.807, 2.05) is 25.1 Å². The van der Waals surface area contributed by atoms with Gasteiger partial charge in [0.2, 0.25) is 0 Å². The molecular weight excluding hydrogens is 204 g/mol. The van der Waals surface area contributed by atoms with Gasteiger partial charge in [-0.1, -0.05) is 6.07 Å². The van der Waals surface area contributed by atoms with Gasteiger partial charge in [-0.2, -0.15) is 0 Å². The molecule has 0 amide bonds. The third kappa shape index (κ3) is 2.06. The summed E-state index contributed by atoms with van der Waals surface area (Å²) in [6, 6.07) is 5.76. The van der Waals surface area contributed by atoms with Crippen LogP contribution in [-0.4, -0.2) is 25.4 Å². The maximum atomic E-state index is 10.5. The van der Waals surface area contributed by atoms with Crippen molar-refractivity contribution in [1.29, 1.82) is 0 Å². The van der Waals surface area contributed by atoms with Gasteiger partial charge in [-0.15, -0.1) is 0 Å². The molecule has 1 atom stereocenters. The molecule has 1 fully saturated rings. The number of ether oxygens (including phenoxy) is 2. The summed E-state index contributed by atoms with van der Waals surface area (Å²) in [4.78, 5) is 0. The van der Waals surface area contributed by atoms with Gasteiger partial charge in [-0.25, -0.2) is 0 Å². The SMILES string of the molecule is COc1ccc(C2(O)CCCOC2)c(C)c1. The molecule has 1 aromatic rings. The zero-order chi connectivity index (χ0) is 11.6. The smallest absolute Gasteiger partial charge is 0.119 e. The van der Waals surface area contributed by atoms with Crippen molar-refractivity contribution in [1.82, 2.24) is 0 Å². The van der Waals surface area contributed by atoms with Crippen molar-refractivity contribution in [2.75, 3.05) is 20.3 Å². The van der Waals surface area contributed by atoms with Crippen molar-refractivity contribution in [3.8, 4) is 5.75 Å². The van der Waals surface area contributed by atoms with Crippen LogP contribution >= 0.6 is 0 Å². The van der Waals surface area contributed by atoms with Crippen molar-refractivity contribution in [3.63, 3.8) is 0 Å². The van der Waals surface area contributed by atoms with Gasteiger partial charge in [0.15, 0.2) is 0 Å². The van der Waals surface area contributed by atoms with Crippen LogP contribution in [0.15, 0.2) is 18.2 Å². The molecule has 2 rings (SSSR count). The van der Waals surface area contributed by atoms with E-state index in [2.05, 4.69) is 0 Å². The van der Waals surface area contributed by atoms with Gasteiger partial charge in [-0.3, -0.25) is 0 Å². The highest BCUT2D eigenvalue weighted by Gasteiger charge is 2.33. The first kappa shape index (κ1) is 11.4. The van der Waals surface area contributed by atoms with Gasteiger partial charge < -0.3 is 14.6 Å². The predicted molar refractivity (Wildman–Crippen MR) is 61.7 cm³/mol. The van der Waals surface area contributed by atoms with E-state index in [1.165, 1.54) is 0 Å². The fourth-order valence-electron chi connectivity index (χ4n) is 2.28. The maximum absolute atomic E-state index is 10.5. The van der Waals surface area contributed by atoms with E-state index >= 15 is 0 Å². The first-order chi connectivity index (χ1) is 7.65. The fraction of sp³-hybridized carbons (Fsp3) is 0.538. The van der Waals surface area contributed by atoms with Gasteiger partial charge >= 0.3 is 0 Å². The van der Waals surface area contributed by atoms with Crippen LogP contribution in [0.25, 0.3) is 0 Å². The second-order valence-corrected chi connectivity index (χ2v) is 4.37. The highest BCUT2D eigenvalue weighted by atomic mass is 16.5. The Hall–Kier alpha value is -1.06. The van der Waals surface area contributed by atoms with E-state index in [-0.39, 0.29) is 0 Å². The Morgan fingerprint density at radius 2 is 2.25 bits per heavy atom. The monoisotopic (exact) mass is 222 g/mol. The van der Waals surface area contributed by atoms with Crippen molar-refractivity contribution in [2.45, 2.75) is 25.4 Å². The van der Waals surface area contributed by atoms with Crippen LogP contribution in [0.4, 0.5) is 0 Å². The molecule has 1 aliphatic rings. The number of hydrogen-bond acceptors (Lipinski definition) is 3. The van der Waals surface area contributed by atoms with Crippen molar-refractivity contribution >= 4 is 0 Å². The molecule has 0 bridgehead atoms. The molecular formula is C13H18O3. The van der Waals surface area contributed by atoms with Crippen molar-refractivity contribution in [2.24, 2.45) is 0 Å². The van der Waals surface area contributed by atoms with E-state index in [1.54, 1.807) is 7.11 Å². The van der Waals surface area contributed by atoms with Gasteiger partial charge in [0.05, 0.1) is 13.7 Å². The molecule has 0 aromatic heterocycles. The minimum Gasteiger partial charge on any atom is -0.497 e. The minimum absolute atomic E-state index is 0.389. The lowest BCUT2D eigenvalue weighted by Crippen LogP contribution is -2.36. The number of hydrogen-bond donors (Lipinski definition) is 1. The number of methoxy groups -OCH3 is 1. The Labute approximate surface area is 96.0 Å². The molecule has 0 radical (unpaired) electrons. The summed E-state index contributed by atoms with van der Waals surface area (Å²) >= 11 is 0. The summed E-state index contributed by atoms with van der Waals surface area (Å²) in [5.41, 5.74) is 1.18. The normalized spacial score (nSPS) is 25.4. The van der Waals surface area contributed by atoms with E-state index in [4.69, 9.17) is 9.47 Å². The van der Waals surface area contributed by atoms with Crippen molar-refractivity contribution in [3.05, 3.63) is 29.3 Å². The standard InChI is InChI=1S/C13H18O3/c1-10-8-11(15-2)4-5-12(10)13(14)6-3-7-16-9-13/h4-5,8,14H,3,6-7,9H2,1-2H3. The number of aliphatic hydroxyl groups is 1. The van der Waals surface area contributed by atoms with Crippen LogP contribution in [-0.2, 0) is 10.3 Å². The second kappa shape index (κ2) is 4.44. The minimum atomic E-state index is -0.825. The fourth-order valence-corrected chi connectivity index (χ4v) is 2.28. The quantitative estimate of drug-likeness (QED) is 0.831. The third-order valence-electron chi connectivity index (χ3n) is 3.15. The summed E-state index contributed by atoms with van der Waals surface area (Å²) in [5.74, 6) is 0.821. The zero-order valence-corrected chi connectivity index (χ0v) is 9.82. The van der Waals surface area contributed by atoms with Gasteiger partial charge in [0.25, 0.3) is 0 Å². The Morgan fingerprint density at radius 1 is 1.44 bits per heavy atom. The van der Waals surface area contributed by atoms with Crippen LogP contribution in [0.3, 0.4) is 0 Å². The molecule has 1 saturated heterocycles. The van der Waals surface area contributed by atoms with Crippen LogP contribution < -0.4 is 4.74 Å². The van der Waals surface area contributed by atoms with E-state index in [0.29, 0.717) is 6.61 Å². The lowest BCUT2D eigenvalue weighted by Gasteiger charge is -2.33. The highest BCUT2D eigenvalue weighted by Crippen LogP contribution is 2.33. The Kier molecular flexibility index (Phi) is 3.17. The maximum Gasteiger partial charge on any atom is 0.119 e. The van der Waals surface area contributed by atoms with E-state index in [9.17, 15) is 5.11 Å². The average Bonchev–Trinajstić information content (AvgIpc) is 2.29. The number of aryl methyl sites for hydroxylation is 1. The van der Waals surface area contributed by atoms with Crippen LogP contribution in [0.2, 0.25) is 0 Å². The average molecular weight is 222 g/mol. The topological polar surface area (TPSA) is 38.7 Å². The summed E-state index contributed by atoms with van der Waals surface area (Å²) in [7, 11) is 1.65. The first-order valence-electron chi connectivity index (χ1n) is 5.61. The van der Waals surface area contributed by atoms with Gasteiger partial charge in [0, 0.05) is 6.61 Å². The molecule has 0 spiro atoms. The Balaban J connectivity index is 2.32. The molecule has 0 aliphatic carbocycles. The number of rotatable bonds is 2. The first-order valence-corrected chi connectivity index (χ1v) is 5.61. The largest absolute Gasteiger partial charge is 0.497 e. The summed E-state index contributed by atoms with van der Waals surface area (Å²) in [5, 5.41) is 10.5. The van der Waals surface area contributed by atoms with Crippen LogP contribution in [0.1, 0.15) is 24.0 Å². The van der Waals surface area contributed by atoms with Crippen molar-refractivity contribution < 1.29 is 14.6 Å². The molecule has 0 saturated carbocycles. The van der Waals surface area contributed by atoms with E-state index in [0.717, 1.165) is 36.3 Å². The predicted octanol–water partition coefficient (Wildman–Crippen LogP) is 2.00. The molecule has 1 heterocycles. The lowest BCUT2D eigenvalue weighted by molar-refractivity contribution is -0.0906. The van der Waals surface area contributed by atoms with Gasteiger partial charge in [0.1, 0.15) is 11.4 Å². The number of benzene rings is 1. The summed E-state index contributed by atoms with van der Waals surface area (Å²) in [6.45, 7) is 3.13. The van der Waals surface area contributed by atoms with E-state index < -0.39 is 5.60 Å². The molecule has 3 heteroatoms. The zero-order valence-electron chi connectivity index (χ0n) is 9.82.